The van der Waals surface area contributed by atoms with Gasteiger partial charge in [-0.1, -0.05) is 6.07 Å². The number of aromatic nitrogens is 5. The van der Waals surface area contributed by atoms with Crippen molar-refractivity contribution in [1.82, 2.24) is 20.0 Å². The van der Waals surface area contributed by atoms with E-state index in [1.807, 2.05) is 13.8 Å². The molecule has 0 aliphatic rings. The number of urea groups is 1. The average molecular weight is 515 g/mol. The third-order valence-electron chi connectivity index (χ3n) is 4.94. The summed E-state index contributed by atoms with van der Waals surface area (Å²) in [6, 6.07) is 8.61. The van der Waals surface area contributed by atoms with E-state index in [2.05, 4.69) is 31.3 Å². The number of anilines is 3. The maximum Gasteiger partial charge on any atom is 0.416 e. The highest BCUT2D eigenvalue weighted by Gasteiger charge is 2.32. The number of nitrogens with zero attached hydrogens (tertiary/aromatic N) is 5. The first kappa shape index (κ1) is 25.3. The molecule has 37 heavy (non-hydrogen) atoms. The first-order valence-electron chi connectivity index (χ1n) is 11.0. The fourth-order valence-electron chi connectivity index (χ4n) is 3.22. The molecule has 3 aromatic heterocycles. The Morgan fingerprint density at radius 3 is 2.49 bits per heavy atom. The Bertz CT molecular complexity index is 1400. The van der Waals surface area contributed by atoms with Crippen LogP contribution in [0.4, 0.5) is 35.2 Å². The van der Waals surface area contributed by atoms with E-state index in [1.165, 1.54) is 23.0 Å². The van der Waals surface area contributed by atoms with E-state index in [0.29, 0.717) is 5.69 Å². The molecular weight excluding hydrogens is 493 g/mol. The molecule has 3 heterocycles. The van der Waals surface area contributed by atoms with Crippen molar-refractivity contribution >= 4 is 29.2 Å². The number of carbonyl (C=O) groups is 2. The van der Waals surface area contributed by atoms with Crippen LogP contribution in [0.5, 0.6) is 0 Å². The average Bonchev–Trinajstić information content (AvgIpc) is 3.49. The number of benzene rings is 1. The van der Waals surface area contributed by atoms with E-state index < -0.39 is 23.7 Å². The van der Waals surface area contributed by atoms with Gasteiger partial charge in [-0.2, -0.15) is 18.3 Å². The van der Waals surface area contributed by atoms with E-state index in [-0.39, 0.29) is 35.5 Å². The van der Waals surface area contributed by atoms with Crippen LogP contribution in [0.15, 0.2) is 65.6 Å². The fourth-order valence-corrected chi connectivity index (χ4v) is 3.22. The molecule has 0 bridgehead atoms. The zero-order chi connectivity index (χ0) is 26.6. The minimum Gasteiger partial charge on any atom is -0.321 e. The van der Waals surface area contributed by atoms with Gasteiger partial charge in [0.05, 0.1) is 5.56 Å². The van der Waals surface area contributed by atoms with Gasteiger partial charge in [0.2, 0.25) is 11.8 Å². The topological polar surface area (TPSA) is 131 Å². The van der Waals surface area contributed by atoms with Crippen LogP contribution in [0, 0.1) is 0 Å². The molecule has 0 saturated heterocycles. The highest BCUT2D eigenvalue weighted by atomic mass is 19.4. The second-order valence-corrected chi connectivity index (χ2v) is 8.19. The van der Waals surface area contributed by atoms with Crippen LogP contribution in [0.25, 0.3) is 0 Å². The second-order valence-electron chi connectivity index (χ2n) is 8.19. The molecule has 4 aromatic rings. The van der Waals surface area contributed by atoms with Gasteiger partial charge in [0, 0.05) is 29.8 Å². The standard InChI is InChI=1S/C23H21F3N8O3/c1-14(2)34-8-6-19(31-34)21(35)28-17-9-15(23(24,25)26)10-18(11-17)29-22(36)30-20-13-33(32-37-20)12-16-5-3-4-7-27-16/h3-11,13-14H,12H2,1-2H3,(H2-,28,29,30,32,35,36)/p+1. The van der Waals surface area contributed by atoms with Gasteiger partial charge >= 0.3 is 18.1 Å². The Kier molecular flexibility index (Phi) is 7.18. The van der Waals surface area contributed by atoms with Gasteiger partial charge in [0.1, 0.15) is 5.69 Å². The lowest BCUT2D eigenvalue weighted by atomic mass is 10.1. The number of alkyl halides is 3. The molecule has 0 spiro atoms. The summed E-state index contributed by atoms with van der Waals surface area (Å²) in [6.45, 7) is 4.01. The molecule has 14 heteroatoms. The zero-order valence-electron chi connectivity index (χ0n) is 19.7. The Morgan fingerprint density at radius 1 is 1.08 bits per heavy atom. The molecule has 0 atom stereocenters. The lowest BCUT2D eigenvalue weighted by Gasteiger charge is -2.13. The van der Waals surface area contributed by atoms with Crippen LogP contribution < -0.4 is 20.6 Å². The normalized spacial score (nSPS) is 11.4. The molecule has 1 aromatic carbocycles. The monoisotopic (exact) mass is 515 g/mol. The van der Waals surface area contributed by atoms with Crippen molar-refractivity contribution in [2.24, 2.45) is 0 Å². The molecule has 0 radical (unpaired) electrons. The summed E-state index contributed by atoms with van der Waals surface area (Å²) in [7, 11) is 0. The Labute approximate surface area is 208 Å². The van der Waals surface area contributed by atoms with E-state index >= 15 is 0 Å². The van der Waals surface area contributed by atoms with Crippen molar-refractivity contribution in [2.45, 2.75) is 32.6 Å². The largest absolute Gasteiger partial charge is 0.416 e. The fraction of sp³-hybridized carbons (Fsp3) is 0.217. The molecule has 3 amide bonds. The number of carbonyl (C=O) groups excluding carboxylic acids is 2. The van der Waals surface area contributed by atoms with Crippen molar-refractivity contribution < 1.29 is 32.0 Å². The van der Waals surface area contributed by atoms with Crippen LogP contribution >= 0.6 is 0 Å². The molecule has 3 N–H and O–H groups in total. The molecule has 0 aliphatic heterocycles. The minimum absolute atomic E-state index is 0.00160. The van der Waals surface area contributed by atoms with E-state index in [0.717, 1.165) is 12.1 Å². The highest BCUT2D eigenvalue weighted by Crippen LogP contribution is 2.33. The minimum atomic E-state index is -4.73. The molecule has 0 fully saturated rings. The molecule has 11 nitrogen and oxygen atoms in total. The molecule has 192 valence electrons. The van der Waals surface area contributed by atoms with Crippen LogP contribution in [-0.4, -0.2) is 32.0 Å². The lowest BCUT2D eigenvalue weighted by molar-refractivity contribution is -0.755. The smallest absolute Gasteiger partial charge is 0.321 e. The number of rotatable bonds is 7. The summed E-state index contributed by atoms with van der Waals surface area (Å²) in [6.07, 6.45) is -0.129. The first-order chi connectivity index (χ1) is 17.6. The van der Waals surface area contributed by atoms with Gasteiger partial charge in [-0.15, -0.1) is 0 Å². The van der Waals surface area contributed by atoms with Gasteiger partial charge < -0.3 is 10.6 Å². The van der Waals surface area contributed by atoms with Gasteiger partial charge in [-0.3, -0.25) is 24.3 Å². The number of halogens is 3. The molecule has 4 rings (SSSR count). The summed E-state index contributed by atoms with van der Waals surface area (Å²) in [5, 5.41) is 14.9. The number of pyridine rings is 1. The summed E-state index contributed by atoms with van der Waals surface area (Å²) >= 11 is 0. The number of hydrogen-bond donors (Lipinski definition) is 3. The van der Waals surface area contributed by atoms with Crippen molar-refractivity contribution in [3.05, 3.63) is 78.0 Å². The van der Waals surface area contributed by atoms with Crippen LogP contribution in [0.1, 0.15) is 41.6 Å². The van der Waals surface area contributed by atoms with E-state index in [1.54, 1.807) is 35.3 Å². The van der Waals surface area contributed by atoms with Crippen LogP contribution in [-0.2, 0) is 12.7 Å². The number of amides is 3. The second kappa shape index (κ2) is 10.5. The third kappa shape index (κ3) is 6.68. The van der Waals surface area contributed by atoms with Crippen LogP contribution in [0.2, 0.25) is 0 Å². The summed E-state index contributed by atoms with van der Waals surface area (Å²) in [5.74, 6) is -0.747. The van der Waals surface area contributed by atoms with E-state index in [4.69, 9.17) is 4.52 Å². The highest BCUT2D eigenvalue weighted by molar-refractivity contribution is 6.04. The Hall–Kier alpha value is -4.75. The Balaban J connectivity index is 1.46. The van der Waals surface area contributed by atoms with Gasteiger partial charge in [-0.25, -0.2) is 4.79 Å². The zero-order valence-corrected chi connectivity index (χ0v) is 19.7. The first-order valence-corrected chi connectivity index (χ1v) is 11.0. The van der Waals surface area contributed by atoms with Gasteiger partial charge in [0.25, 0.3) is 12.1 Å². The number of hydrogen-bond acceptors (Lipinski definition) is 6. The van der Waals surface area contributed by atoms with Crippen molar-refractivity contribution in [3.8, 4) is 0 Å². The Morgan fingerprint density at radius 2 is 1.84 bits per heavy atom. The van der Waals surface area contributed by atoms with Gasteiger partial charge in [0.15, 0.2) is 5.69 Å². The summed E-state index contributed by atoms with van der Waals surface area (Å²) in [5.41, 5.74) is -0.728. The van der Waals surface area contributed by atoms with Crippen LogP contribution in [0.3, 0.4) is 0 Å². The van der Waals surface area contributed by atoms with Gasteiger partial charge in [-0.05, 0) is 54.9 Å². The van der Waals surface area contributed by atoms with Crippen molar-refractivity contribution in [2.75, 3.05) is 16.0 Å². The summed E-state index contributed by atoms with van der Waals surface area (Å²) < 4.78 is 48.4. The maximum absolute atomic E-state index is 13.5. The van der Waals surface area contributed by atoms with E-state index in [9.17, 15) is 22.8 Å². The lowest BCUT2D eigenvalue weighted by Crippen LogP contribution is -2.35. The molecule has 0 unspecified atom stereocenters. The van der Waals surface area contributed by atoms with Crippen molar-refractivity contribution in [3.63, 3.8) is 0 Å². The molecule has 0 saturated carbocycles. The quantitative estimate of drug-likeness (QED) is 0.318. The molecular formula is C23H22F3N8O3+. The maximum atomic E-state index is 13.5. The SMILES string of the molecule is CC(C)n1ccc(C(=O)Nc2cc(NC(=O)Nc3c[n+](Cc4ccccn4)no3)cc(C(F)(F)F)c2)n1. The third-order valence-corrected chi connectivity index (χ3v) is 4.94. The molecule has 0 aliphatic carbocycles. The predicted octanol–water partition coefficient (Wildman–Crippen LogP) is 4.10. The predicted molar refractivity (Wildman–Crippen MR) is 125 cm³/mol. The summed E-state index contributed by atoms with van der Waals surface area (Å²) in [4.78, 5) is 29.1. The van der Waals surface area contributed by atoms with Crippen molar-refractivity contribution in [1.29, 1.82) is 0 Å². The number of nitrogens with one attached hydrogen (secondary N) is 3.